The normalized spacial score (nSPS) is 17.6. The van der Waals surface area contributed by atoms with Crippen molar-refractivity contribution in [2.45, 2.75) is 18.9 Å². The van der Waals surface area contributed by atoms with Gasteiger partial charge >= 0.3 is 5.69 Å². The Hall–Kier alpha value is -1.90. The molecule has 1 atom stereocenters. The van der Waals surface area contributed by atoms with Crippen molar-refractivity contribution in [1.29, 1.82) is 0 Å². The van der Waals surface area contributed by atoms with Crippen molar-refractivity contribution < 1.29 is 0 Å². The smallest absolute Gasteiger partial charge is 0.299 e. The van der Waals surface area contributed by atoms with Gasteiger partial charge < -0.3 is 0 Å². The molecule has 1 unspecified atom stereocenters. The van der Waals surface area contributed by atoms with E-state index in [1.54, 1.807) is 16.8 Å². The highest BCUT2D eigenvalue weighted by Crippen LogP contribution is 2.35. The molecule has 3 nitrogen and oxygen atoms in total. The van der Waals surface area contributed by atoms with E-state index in [1.165, 1.54) is 17.3 Å². The highest BCUT2D eigenvalue weighted by atomic mass is 16.1. The molecule has 0 fully saturated rings. The summed E-state index contributed by atoms with van der Waals surface area (Å²) < 4.78 is 1.68. The van der Waals surface area contributed by atoms with Crippen molar-refractivity contribution in [2.75, 3.05) is 0 Å². The Morgan fingerprint density at radius 2 is 2.19 bits per heavy atom. The molecule has 0 aliphatic heterocycles. The van der Waals surface area contributed by atoms with E-state index in [4.69, 9.17) is 0 Å². The van der Waals surface area contributed by atoms with Gasteiger partial charge in [-0.25, -0.2) is 9.78 Å². The van der Waals surface area contributed by atoms with Crippen LogP contribution in [0.3, 0.4) is 0 Å². The molecule has 80 valence electrons. The van der Waals surface area contributed by atoms with E-state index in [2.05, 4.69) is 29.2 Å². The number of hydrogen-bond acceptors (Lipinski definition) is 2. The number of hydrogen-bond donors (Lipinski definition) is 0. The van der Waals surface area contributed by atoms with Crippen molar-refractivity contribution >= 4 is 0 Å². The summed E-state index contributed by atoms with van der Waals surface area (Å²) in [6.45, 7) is 0.740. The molecule has 0 radical (unpaired) electrons. The lowest BCUT2D eigenvalue weighted by Gasteiger charge is -2.30. The van der Waals surface area contributed by atoms with Gasteiger partial charge in [-0.3, -0.25) is 4.57 Å². The Kier molecular flexibility index (Phi) is 2.10. The molecule has 1 aliphatic carbocycles. The van der Waals surface area contributed by atoms with Gasteiger partial charge in [0.05, 0.1) is 0 Å². The summed E-state index contributed by atoms with van der Waals surface area (Å²) in [5.74, 6) is 0.470. The second-order valence-electron chi connectivity index (χ2n) is 4.15. The first-order valence-electron chi connectivity index (χ1n) is 5.44. The van der Waals surface area contributed by atoms with Crippen LogP contribution >= 0.6 is 0 Å². The van der Waals surface area contributed by atoms with E-state index in [9.17, 15) is 4.79 Å². The minimum atomic E-state index is -0.160. The average molecular weight is 212 g/mol. The van der Waals surface area contributed by atoms with E-state index in [0.29, 0.717) is 5.92 Å². The first kappa shape index (κ1) is 9.33. The predicted molar refractivity (Wildman–Crippen MR) is 61.4 cm³/mol. The fourth-order valence-corrected chi connectivity index (χ4v) is 2.29. The van der Waals surface area contributed by atoms with Crippen LogP contribution in [0.25, 0.3) is 0 Å². The first-order valence-corrected chi connectivity index (χ1v) is 5.44. The number of fused-ring (bicyclic) bond motifs is 1. The summed E-state index contributed by atoms with van der Waals surface area (Å²) in [5, 5.41) is 0. The van der Waals surface area contributed by atoms with Crippen LogP contribution in [0.1, 0.15) is 17.0 Å². The number of aromatic nitrogens is 2. The minimum Gasteiger partial charge on any atom is -0.299 e. The van der Waals surface area contributed by atoms with E-state index >= 15 is 0 Å². The Morgan fingerprint density at radius 3 is 3.00 bits per heavy atom. The van der Waals surface area contributed by atoms with Crippen molar-refractivity contribution in [3.05, 3.63) is 64.3 Å². The van der Waals surface area contributed by atoms with E-state index in [0.717, 1.165) is 13.0 Å². The second-order valence-corrected chi connectivity index (χ2v) is 4.15. The van der Waals surface area contributed by atoms with Gasteiger partial charge in [0.25, 0.3) is 0 Å². The van der Waals surface area contributed by atoms with Gasteiger partial charge in [-0.2, -0.15) is 0 Å². The monoisotopic (exact) mass is 212 g/mol. The predicted octanol–water partition coefficient (Wildman–Crippen LogP) is 1.58. The van der Waals surface area contributed by atoms with Gasteiger partial charge in [0.2, 0.25) is 0 Å². The van der Waals surface area contributed by atoms with Gasteiger partial charge in [-0.1, -0.05) is 24.3 Å². The van der Waals surface area contributed by atoms with Crippen molar-refractivity contribution in [3.63, 3.8) is 0 Å². The molecule has 0 bridgehead atoms. The molecule has 1 heterocycles. The van der Waals surface area contributed by atoms with Gasteiger partial charge in [0, 0.05) is 24.9 Å². The number of nitrogens with zero attached hydrogens (tertiary/aromatic N) is 2. The molecule has 16 heavy (non-hydrogen) atoms. The molecule has 0 saturated heterocycles. The Balaban J connectivity index is 1.85. The third-order valence-electron chi connectivity index (χ3n) is 3.16. The van der Waals surface area contributed by atoms with Crippen molar-refractivity contribution in [1.82, 2.24) is 9.55 Å². The summed E-state index contributed by atoms with van der Waals surface area (Å²) in [5.41, 5.74) is 2.62. The quantitative estimate of drug-likeness (QED) is 0.757. The summed E-state index contributed by atoms with van der Waals surface area (Å²) in [7, 11) is 0. The summed E-state index contributed by atoms with van der Waals surface area (Å²) in [6.07, 6.45) is 4.40. The standard InChI is InChI=1S/C13H12N2O/c16-13-14-6-3-7-15(13)9-11-8-10-4-1-2-5-12(10)11/h1-7,11H,8-9H2. The van der Waals surface area contributed by atoms with Gasteiger partial charge in [-0.15, -0.1) is 0 Å². The fourth-order valence-electron chi connectivity index (χ4n) is 2.29. The highest BCUT2D eigenvalue weighted by Gasteiger charge is 2.25. The molecule has 3 rings (SSSR count). The average Bonchev–Trinajstić information content (AvgIpc) is 2.28. The van der Waals surface area contributed by atoms with Crippen LogP contribution < -0.4 is 5.69 Å². The number of rotatable bonds is 2. The van der Waals surface area contributed by atoms with Crippen LogP contribution in [0.15, 0.2) is 47.5 Å². The van der Waals surface area contributed by atoms with Crippen LogP contribution in [0.5, 0.6) is 0 Å². The maximum absolute atomic E-state index is 11.5. The third-order valence-corrected chi connectivity index (χ3v) is 3.16. The zero-order valence-electron chi connectivity index (χ0n) is 8.84. The lowest BCUT2D eigenvalue weighted by Crippen LogP contribution is -2.29. The van der Waals surface area contributed by atoms with Crippen LogP contribution in [0.4, 0.5) is 0 Å². The molecule has 2 aromatic rings. The SMILES string of the molecule is O=c1ncccn1CC1Cc2ccccc21. The van der Waals surface area contributed by atoms with Gasteiger partial charge in [0.15, 0.2) is 0 Å². The first-order chi connectivity index (χ1) is 7.84. The minimum absolute atomic E-state index is 0.160. The lowest BCUT2D eigenvalue weighted by molar-refractivity contribution is 0.492. The van der Waals surface area contributed by atoms with Crippen LogP contribution in [0.2, 0.25) is 0 Å². The molecule has 0 saturated carbocycles. The molecule has 0 N–H and O–H groups in total. The Morgan fingerprint density at radius 1 is 1.31 bits per heavy atom. The molecule has 1 aromatic heterocycles. The topological polar surface area (TPSA) is 34.9 Å². The van der Waals surface area contributed by atoms with Gasteiger partial charge in [-0.05, 0) is 23.6 Å². The summed E-state index contributed by atoms with van der Waals surface area (Å²) in [4.78, 5) is 15.2. The highest BCUT2D eigenvalue weighted by molar-refractivity contribution is 5.39. The Labute approximate surface area is 93.4 Å². The van der Waals surface area contributed by atoms with E-state index < -0.39 is 0 Å². The van der Waals surface area contributed by atoms with E-state index in [1.807, 2.05) is 0 Å². The molecule has 0 spiro atoms. The van der Waals surface area contributed by atoms with Crippen molar-refractivity contribution in [3.8, 4) is 0 Å². The van der Waals surface area contributed by atoms with E-state index in [-0.39, 0.29) is 5.69 Å². The maximum Gasteiger partial charge on any atom is 0.347 e. The molecule has 1 aliphatic rings. The van der Waals surface area contributed by atoms with Gasteiger partial charge in [0.1, 0.15) is 0 Å². The molecular formula is C13H12N2O. The van der Waals surface area contributed by atoms with Crippen molar-refractivity contribution in [2.24, 2.45) is 0 Å². The second kappa shape index (κ2) is 3.59. The summed E-state index contributed by atoms with van der Waals surface area (Å²) >= 11 is 0. The maximum atomic E-state index is 11.5. The lowest BCUT2D eigenvalue weighted by atomic mass is 9.77. The summed E-state index contributed by atoms with van der Waals surface area (Å²) in [6, 6.07) is 10.2. The van der Waals surface area contributed by atoms with Crippen LogP contribution in [-0.4, -0.2) is 9.55 Å². The van der Waals surface area contributed by atoms with Crippen LogP contribution in [0, 0.1) is 0 Å². The zero-order chi connectivity index (χ0) is 11.0. The largest absolute Gasteiger partial charge is 0.347 e. The van der Waals surface area contributed by atoms with Crippen LogP contribution in [-0.2, 0) is 13.0 Å². The molecule has 3 heteroatoms. The molecule has 0 amide bonds. The third kappa shape index (κ3) is 1.45. The zero-order valence-corrected chi connectivity index (χ0v) is 8.84. The molecular weight excluding hydrogens is 200 g/mol. The number of benzene rings is 1. The Bertz CT molecular complexity index is 574. The molecule has 1 aromatic carbocycles. The fraction of sp³-hybridized carbons (Fsp3) is 0.231.